The fourth-order valence-corrected chi connectivity index (χ4v) is 4.58. The van der Waals surface area contributed by atoms with Gasteiger partial charge in [-0.1, -0.05) is 6.07 Å². The van der Waals surface area contributed by atoms with Crippen molar-refractivity contribution in [1.82, 2.24) is 20.7 Å². The second kappa shape index (κ2) is 9.40. The molecule has 1 saturated carbocycles. The van der Waals surface area contributed by atoms with Crippen molar-refractivity contribution in [2.45, 2.75) is 50.6 Å². The number of carbonyl (C=O) groups excluding carboxylic acids is 3. The lowest BCUT2D eigenvalue weighted by atomic mass is 9.97. The Morgan fingerprint density at radius 1 is 1.34 bits per heavy atom. The quantitative estimate of drug-likeness (QED) is 0.635. The maximum absolute atomic E-state index is 13.3. The van der Waals surface area contributed by atoms with Crippen LogP contribution in [0.2, 0.25) is 0 Å². The number of fused-ring (bicyclic) bond motifs is 1. The number of methoxy groups -OCH3 is 1. The average Bonchev–Trinajstić information content (AvgIpc) is 3.43. The van der Waals surface area contributed by atoms with Crippen LogP contribution < -0.4 is 15.5 Å². The van der Waals surface area contributed by atoms with Crippen molar-refractivity contribution in [1.29, 1.82) is 5.26 Å². The summed E-state index contributed by atoms with van der Waals surface area (Å²) >= 11 is 0. The number of H-pyrrole nitrogens is 1. The molecule has 9 nitrogen and oxygen atoms in total. The lowest BCUT2D eigenvalue weighted by molar-refractivity contribution is -0.129. The Bertz CT molecular complexity index is 1070. The van der Waals surface area contributed by atoms with E-state index in [2.05, 4.69) is 21.8 Å². The highest BCUT2D eigenvalue weighted by molar-refractivity contribution is 6.01. The van der Waals surface area contributed by atoms with Crippen molar-refractivity contribution in [2.24, 2.45) is 5.92 Å². The molecule has 9 heteroatoms. The van der Waals surface area contributed by atoms with E-state index < -0.39 is 18.0 Å². The van der Waals surface area contributed by atoms with Crippen LogP contribution >= 0.6 is 0 Å². The summed E-state index contributed by atoms with van der Waals surface area (Å²) in [6, 6.07) is 7.80. The molecule has 0 spiro atoms. The van der Waals surface area contributed by atoms with Gasteiger partial charge in [0.15, 0.2) is 0 Å². The zero-order chi connectivity index (χ0) is 22.7. The highest BCUT2D eigenvalue weighted by Gasteiger charge is 2.35. The molecule has 0 radical (unpaired) electrons. The Morgan fingerprint density at radius 3 is 2.91 bits per heavy atom. The molecule has 2 heterocycles. The van der Waals surface area contributed by atoms with Crippen LogP contribution in [0.1, 0.15) is 49.0 Å². The Kier molecular flexibility index (Phi) is 6.42. The van der Waals surface area contributed by atoms with Crippen LogP contribution in [0.5, 0.6) is 5.75 Å². The van der Waals surface area contributed by atoms with E-state index in [1.165, 1.54) is 5.01 Å². The van der Waals surface area contributed by atoms with Crippen LogP contribution in [0, 0.1) is 17.2 Å². The minimum absolute atomic E-state index is 0.157. The number of aromatic nitrogens is 1. The lowest BCUT2D eigenvalue weighted by Crippen LogP contribution is -2.59. The van der Waals surface area contributed by atoms with Gasteiger partial charge in [-0.3, -0.25) is 19.4 Å². The molecular formula is C23H27N5O4. The van der Waals surface area contributed by atoms with E-state index in [0.717, 1.165) is 30.2 Å². The van der Waals surface area contributed by atoms with Gasteiger partial charge in [0.05, 0.1) is 13.2 Å². The first kappa shape index (κ1) is 21.8. The minimum Gasteiger partial charge on any atom is -0.496 e. The molecule has 3 atom stereocenters. The number of ketones is 1. The standard InChI is InChI=1S/C23H27N5O4/c1-32-21-9-3-6-17-16(21)12-18(27-17)23(31)28-19(7-4-10-25-28)22(30)26-15(13-24)11-14-5-2-8-20(14)29/h3,6,9,12,14-15,19,25,27H,2,4-5,7-8,10-11H2,1H3,(H,26,30)/t14-,15-,19-/m0/s1. The second-order valence-electron chi connectivity index (χ2n) is 8.33. The number of nitrogens with one attached hydrogen (secondary N) is 3. The summed E-state index contributed by atoms with van der Waals surface area (Å²) in [6.07, 6.45) is 3.65. The molecule has 2 aromatic rings. The van der Waals surface area contributed by atoms with Crippen molar-refractivity contribution in [2.75, 3.05) is 13.7 Å². The number of carbonyl (C=O) groups is 3. The number of hydrogen-bond donors (Lipinski definition) is 3. The number of hydrazine groups is 1. The Balaban J connectivity index is 1.49. The summed E-state index contributed by atoms with van der Waals surface area (Å²) in [5.74, 6) is -0.121. The topological polar surface area (TPSA) is 127 Å². The van der Waals surface area contributed by atoms with E-state index in [1.807, 2.05) is 18.2 Å². The van der Waals surface area contributed by atoms with Gasteiger partial charge < -0.3 is 15.0 Å². The fraction of sp³-hybridized carbons (Fsp3) is 0.478. The molecule has 4 rings (SSSR count). The van der Waals surface area contributed by atoms with E-state index in [9.17, 15) is 19.6 Å². The van der Waals surface area contributed by atoms with Gasteiger partial charge in [0.1, 0.15) is 29.3 Å². The van der Waals surface area contributed by atoms with Crippen LogP contribution in [0.15, 0.2) is 24.3 Å². The maximum atomic E-state index is 13.3. The highest BCUT2D eigenvalue weighted by Crippen LogP contribution is 2.28. The number of aromatic amines is 1. The molecule has 168 valence electrons. The molecule has 1 aliphatic carbocycles. The zero-order valence-corrected chi connectivity index (χ0v) is 18.0. The Morgan fingerprint density at radius 2 is 2.19 bits per heavy atom. The van der Waals surface area contributed by atoms with Crippen molar-refractivity contribution in [3.63, 3.8) is 0 Å². The minimum atomic E-state index is -0.759. The predicted octanol–water partition coefficient (Wildman–Crippen LogP) is 2.05. The molecule has 1 aliphatic heterocycles. The summed E-state index contributed by atoms with van der Waals surface area (Å²) in [4.78, 5) is 41.3. The monoisotopic (exact) mass is 437 g/mol. The largest absolute Gasteiger partial charge is 0.496 e. The first-order valence-corrected chi connectivity index (χ1v) is 11.0. The first-order chi connectivity index (χ1) is 15.5. The van der Waals surface area contributed by atoms with Crippen molar-refractivity contribution >= 4 is 28.5 Å². The highest BCUT2D eigenvalue weighted by atomic mass is 16.5. The molecule has 3 N–H and O–H groups in total. The number of benzene rings is 1. The van der Waals surface area contributed by atoms with Crippen LogP contribution in [-0.4, -0.2) is 53.3 Å². The third kappa shape index (κ3) is 4.32. The number of nitriles is 1. The van der Waals surface area contributed by atoms with Crippen molar-refractivity contribution in [3.8, 4) is 11.8 Å². The van der Waals surface area contributed by atoms with E-state index in [-0.39, 0.29) is 17.6 Å². The first-order valence-electron chi connectivity index (χ1n) is 11.0. The summed E-state index contributed by atoms with van der Waals surface area (Å²) in [7, 11) is 1.57. The third-order valence-electron chi connectivity index (χ3n) is 6.27. The molecular weight excluding hydrogens is 410 g/mol. The zero-order valence-electron chi connectivity index (χ0n) is 18.0. The normalized spacial score (nSPS) is 21.9. The van der Waals surface area contributed by atoms with Gasteiger partial charge in [0.2, 0.25) is 5.91 Å². The molecule has 1 saturated heterocycles. The molecule has 0 unspecified atom stereocenters. The Hall–Kier alpha value is -3.38. The number of rotatable bonds is 6. The average molecular weight is 438 g/mol. The van der Waals surface area contributed by atoms with Crippen molar-refractivity contribution < 1.29 is 19.1 Å². The summed E-state index contributed by atoms with van der Waals surface area (Å²) in [5.41, 5.74) is 4.13. The van der Waals surface area contributed by atoms with Gasteiger partial charge in [0, 0.05) is 29.8 Å². The number of amides is 2. The van der Waals surface area contributed by atoms with E-state index in [0.29, 0.717) is 37.3 Å². The van der Waals surface area contributed by atoms with Gasteiger partial charge in [-0.15, -0.1) is 0 Å². The number of hydrogen-bond acceptors (Lipinski definition) is 6. The van der Waals surface area contributed by atoms with Gasteiger partial charge in [0.25, 0.3) is 5.91 Å². The third-order valence-corrected chi connectivity index (χ3v) is 6.27. The Labute approximate surface area is 186 Å². The molecule has 2 fully saturated rings. The number of Topliss-reactive ketones (excluding diaryl/α,β-unsaturated/α-hetero) is 1. The van der Waals surface area contributed by atoms with Gasteiger partial charge >= 0.3 is 0 Å². The summed E-state index contributed by atoms with van der Waals surface area (Å²) < 4.78 is 5.36. The van der Waals surface area contributed by atoms with E-state index >= 15 is 0 Å². The molecule has 0 bridgehead atoms. The van der Waals surface area contributed by atoms with Crippen LogP contribution in [0.4, 0.5) is 0 Å². The van der Waals surface area contributed by atoms with Gasteiger partial charge in [-0.05, 0) is 50.3 Å². The van der Waals surface area contributed by atoms with E-state index in [4.69, 9.17) is 4.74 Å². The van der Waals surface area contributed by atoms with Crippen molar-refractivity contribution in [3.05, 3.63) is 30.0 Å². The van der Waals surface area contributed by atoms with Crippen LogP contribution in [0.3, 0.4) is 0 Å². The molecule has 2 aliphatic rings. The lowest BCUT2D eigenvalue weighted by Gasteiger charge is -2.35. The SMILES string of the molecule is COc1cccc2[nH]c(C(=O)N3NCCC[C@H]3C(=O)N[C@H](C#N)C[C@@H]3CCCC3=O)cc12. The number of ether oxygens (including phenoxy) is 1. The number of nitrogens with zero attached hydrogens (tertiary/aromatic N) is 2. The smallest absolute Gasteiger partial charge is 0.285 e. The van der Waals surface area contributed by atoms with Gasteiger partial charge in [-0.25, -0.2) is 5.43 Å². The van der Waals surface area contributed by atoms with Crippen LogP contribution in [0.25, 0.3) is 10.9 Å². The van der Waals surface area contributed by atoms with E-state index in [1.54, 1.807) is 13.2 Å². The summed E-state index contributed by atoms with van der Waals surface area (Å²) in [6.45, 7) is 0.567. The molecule has 32 heavy (non-hydrogen) atoms. The molecule has 2 amide bonds. The van der Waals surface area contributed by atoms with Crippen LogP contribution in [-0.2, 0) is 9.59 Å². The fourth-order valence-electron chi connectivity index (χ4n) is 4.58. The second-order valence-corrected chi connectivity index (χ2v) is 8.33. The predicted molar refractivity (Wildman–Crippen MR) is 117 cm³/mol. The summed E-state index contributed by atoms with van der Waals surface area (Å²) in [5, 5.41) is 14.4. The molecule has 1 aromatic heterocycles. The van der Waals surface area contributed by atoms with Gasteiger partial charge in [-0.2, -0.15) is 5.26 Å². The molecule has 1 aromatic carbocycles. The maximum Gasteiger partial charge on any atom is 0.285 e.